The minimum absolute atomic E-state index is 0.134. The molecule has 0 amide bonds. The molecule has 0 radical (unpaired) electrons. The molecule has 4 heteroatoms. The molecule has 3 nitrogen and oxygen atoms in total. The van der Waals surface area contributed by atoms with Crippen LogP contribution >= 0.6 is 11.6 Å². The van der Waals surface area contributed by atoms with Gasteiger partial charge in [-0.3, -0.25) is 0 Å². The molecule has 0 spiro atoms. The Bertz CT molecular complexity index is 391. The van der Waals surface area contributed by atoms with Crippen LogP contribution in [0.25, 0.3) is 0 Å². The maximum atomic E-state index is 8.90. The van der Waals surface area contributed by atoms with Crippen LogP contribution in [0.1, 0.15) is 30.9 Å². The molecule has 0 bridgehead atoms. The van der Waals surface area contributed by atoms with Crippen LogP contribution in [-0.4, -0.2) is 18.8 Å². The van der Waals surface area contributed by atoms with Crippen LogP contribution in [0.5, 0.6) is 5.75 Å². The lowest BCUT2D eigenvalue weighted by atomic mass is 9.87. The third-order valence-corrected chi connectivity index (χ3v) is 3.13. The number of methoxy groups -OCH3 is 1. The molecule has 1 aromatic carbocycles. The highest BCUT2D eigenvalue weighted by atomic mass is 35.5. The Labute approximate surface area is 108 Å². The molecular weight excluding hydrogens is 238 g/mol. The van der Waals surface area contributed by atoms with Gasteiger partial charge in [0.2, 0.25) is 0 Å². The highest BCUT2D eigenvalue weighted by molar-refractivity contribution is 6.30. The predicted molar refractivity (Wildman–Crippen MR) is 70.6 cm³/mol. The van der Waals surface area contributed by atoms with E-state index in [4.69, 9.17) is 27.2 Å². The van der Waals surface area contributed by atoms with Crippen molar-refractivity contribution in [3.8, 4) is 5.75 Å². The van der Waals surface area contributed by atoms with E-state index < -0.39 is 5.54 Å². The van der Waals surface area contributed by atoms with Crippen molar-refractivity contribution in [3.05, 3.63) is 28.3 Å². The predicted octanol–water partition coefficient (Wildman–Crippen LogP) is 2.60. The molecule has 0 aliphatic rings. The van der Waals surface area contributed by atoms with E-state index in [1.165, 1.54) is 0 Å². The smallest absolute Gasteiger partial charge is 0.126 e. The van der Waals surface area contributed by atoms with Gasteiger partial charge >= 0.3 is 0 Å². The molecule has 0 saturated carbocycles. The Hall–Kier alpha value is -0.770. The molecule has 0 aromatic heterocycles. The monoisotopic (exact) mass is 257 g/mol. The molecule has 17 heavy (non-hydrogen) atoms. The summed E-state index contributed by atoms with van der Waals surface area (Å²) in [5.74, 6) is 0.775. The highest BCUT2D eigenvalue weighted by Gasteiger charge is 2.26. The van der Waals surface area contributed by atoms with Crippen molar-refractivity contribution in [2.24, 2.45) is 5.73 Å². The lowest BCUT2D eigenvalue weighted by Gasteiger charge is -2.28. The Morgan fingerprint density at radius 3 is 2.65 bits per heavy atom. The number of benzene rings is 1. The first-order valence-corrected chi connectivity index (χ1v) is 6.04. The first-order chi connectivity index (χ1) is 7.92. The van der Waals surface area contributed by atoms with Crippen molar-refractivity contribution in [1.29, 1.82) is 0 Å². The summed E-state index contributed by atoms with van der Waals surface area (Å²) in [7, 11) is 1.63. The largest absolute Gasteiger partial charge is 0.496 e. The minimum Gasteiger partial charge on any atom is -0.496 e. The lowest BCUT2D eigenvalue weighted by molar-refractivity contribution is 0.263. The lowest BCUT2D eigenvalue weighted by Crippen LogP contribution is -2.33. The topological polar surface area (TPSA) is 55.5 Å². The number of hydrogen-bond donors (Lipinski definition) is 2. The summed E-state index contributed by atoms with van der Waals surface area (Å²) in [5, 5.41) is 9.55. The third kappa shape index (κ3) is 3.35. The van der Waals surface area contributed by atoms with Gasteiger partial charge in [0, 0.05) is 22.7 Å². The van der Waals surface area contributed by atoms with Gasteiger partial charge in [-0.05, 0) is 44.4 Å². The number of aliphatic hydroxyl groups excluding tert-OH is 1. The van der Waals surface area contributed by atoms with Gasteiger partial charge in [0.1, 0.15) is 5.75 Å². The van der Waals surface area contributed by atoms with Crippen LogP contribution in [0, 0.1) is 6.92 Å². The summed E-state index contributed by atoms with van der Waals surface area (Å²) >= 11 is 6.06. The maximum absolute atomic E-state index is 8.90. The standard InChI is InChI=1S/C13H20ClNO2/c1-9-7-10(14)8-11(12(9)17-3)13(2,15)5-4-6-16/h7-8,16H,4-6,15H2,1-3H3. The van der Waals surface area contributed by atoms with Gasteiger partial charge in [0.05, 0.1) is 7.11 Å². The summed E-state index contributed by atoms with van der Waals surface area (Å²) in [6.07, 6.45) is 1.33. The van der Waals surface area contributed by atoms with Crippen molar-refractivity contribution >= 4 is 11.6 Å². The normalized spacial score (nSPS) is 14.5. The van der Waals surface area contributed by atoms with Gasteiger partial charge in [0.25, 0.3) is 0 Å². The van der Waals surface area contributed by atoms with E-state index in [0.29, 0.717) is 17.9 Å². The fourth-order valence-corrected chi connectivity index (χ4v) is 2.28. The Morgan fingerprint density at radius 1 is 1.47 bits per heavy atom. The number of halogens is 1. The summed E-state index contributed by atoms with van der Waals surface area (Å²) in [5.41, 5.74) is 7.59. The molecule has 1 rings (SSSR count). The minimum atomic E-state index is -0.552. The number of aliphatic hydroxyl groups is 1. The number of ether oxygens (including phenoxy) is 1. The SMILES string of the molecule is COc1c(C)cc(Cl)cc1C(C)(N)CCCO. The molecule has 1 aromatic rings. The van der Waals surface area contributed by atoms with Gasteiger partial charge < -0.3 is 15.6 Å². The van der Waals surface area contributed by atoms with E-state index in [1.54, 1.807) is 7.11 Å². The second-order valence-corrected chi connectivity index (χ2v) is 4.98. The molecular formula is C13H20ClNO2. The van der Waals surface area contributed by atoms with E-state index in [2.05, 4.69) is 0 Å². The van der Waals surface area contributed by atoms with Crippen LogP contribution < -0.4 is 10.5 Å². The van der Waals surface area contributed by atoms with Gasteiger partial charge in [-0.25, -0.2) is 0 Å². The average molecular weight is 258 g/mol. The van der Waals surface area contributed by atoms with Crippen LogP contribution in [0.15, 0.2) is 12.1 Å². The molecule has 1 atom stereocenters. The second kappa shape index (κ2) is 5.71. The van der Waals surface area contributed by atoms with E-state index in [9.17, 15) is 0 Å². The molecule has 0 heterocycles. The molecule has 96 valence electrons. The second-order valence-electron chi connectivity index (χ2n) is 4.55. The fourth-order valence-electron chi connectivity index (χ4n) is 2.01. The Balaban J connectivity index is 3.18. The molecule has 0 aliphatic heterocycles. The van der Waals surface area contributed by atoms with Crippen LogP contribution in [-0.2, 0) is 5.54 Å². The van der Waals surface area contributed by atoms with Gasteiger partial charge in [-0.1, -0.05) is 11.6 Å². The van der Waals surface area contributed by atoms with Crippen molar-refractivity contribution < 1.29 is 9.84 Å². The van der Waals surface area contributed by atoms with Gasteiger partial charge in [-0.2, -0.15) is 0 Å². The van der Waals surface area contributed by atoms with Crippen LogP contribution in [0.2, 0.25) is 5.02 Å². The zero-order valence-electron chi connectivity index (χ0n) is 10.6. The zero-order chi connectivity index (χ0) is 13.1. The molecule has 0 aliphatic carbocycles. The number of nitrogens with two attached hydrogens (primary N) is 1. The zero-order valence-corrected chi connectivity index (χ0v) is 11.3. The van der Waals surface area contributed by atoms with E-state index in [0.717, 1.165) is 16.9 Å². The number of hydrogen-bond acceptors (Lipinski definition) is 3. The Morgan fingerprint density at radius 2 is 2.12 bits per heavy atom. The highest BCUT2D eigenvalue weighted by Crippen LogP contribution is 2.36. The van der Waals surface area contributed by atoms with Crippen molar-refractivity contribution in [2.45, 2.75) is 32.2 Å². The summed E-state index contributed by atoms with van der Waals surface area (Å²) in [6.45, 7) is 4.00. The third-order valence-electron chi connectivity index (χ3n) is 2.91. The van der Waals surface area contributed by atoms with Crippen molar-refractivity contribution in [1.82, 2.24) is 0 Å². The van der Waals surface area contributed by atoms with Crippen LogP contribution in [0.3, 0.4) is 0 Å². The molecule has 0 fully saturated rings. The summed E-state index contributed by atoms with van der Waals surface area (Å²) in [4.78, 5) is 0. The first-order valence-electron chi connectivity index (χ1n) is 5.66. The van der Waals surface area contributed by atoms with E-state index >= 15 is 0 Å². The summed E-state index contributed by atoms with van der Waals surface area (Å²) < 4.78 is 5.40. The van der Waals surface area contributed by atoms with Crippen molar-refractivity contribution in [3.63, 3.8) is 0 Å². The summed E-state index contributed by atoms with van der Waals surface area (Å²) in [6, 6.07) is 3.69. The average Bonchev–Trinajstić information content (AvgIpc) is 2.25. The maximum Gasteiger partial charge on any atom is 0.126 e. The molecule has 0 saturated heterocycles. The molecule has 3 N–H and O–H groups in total. The van der Waals surface area contributed by atoms with E-state index in [-0.39, 0.29) is 6.61 Å². The van der Waals surface area contributed by atoms with Gasteiger partial charge in [0.15, 0.2) is 0 Å². The first kappa shape index (κ1) is 14.3. The van der Waals surface area contributed by atoms with Gasteiger partial charge in [-0.15, -0.1) is 0 Å². The number of rotatable bonds is 5. The molecule has 1 unspecified atom stereocenters. The van der Waals surface area contributed by atoms with Crippen LogP contribution in [0.4, 0.5) is 0 Å². The van der Waals surface area contributed by atoms with E-state index in [1.807, 2.05) is 26.0 Å². The Kier molecular flexibility index (Phi) is 4.80. The fraction of sp³-hybridized carbons (Fsp3) is 0.538. The quantitative estimate of drug-likeness (QED) is 0.853. The number of aryl methyl sites for hydroxylation is 1. The van der Waals surface area contributed by atoms with Crippen molar-refractivity contribution in [2.75, 3.05) is 13.7 Å².